The van der Waals surface area contributed by atoms with Gasteiger partial charge in [-0.15, -0.1) is 11.3 Å². The van der Waals surface area contributed by atoms with Crippen molar-refractivity contribution in [3.63, 3.8) is 0 Å². The van der Waals surface area contributed by atoms with Crippen molar-refractivity contribution < 1.29 is 9.59 Å². The number of hydrogen-bond acceptors (Lipinski definition) is 3. The normalized spacial score (nSPS) is 15.7. The molecular formula is C21H27N3O2S. The van der Waals surface area contributed by atoms with E-state index in [9.17, 15) is 9.59 Å². The number of carbonyl (C=O) groups excluding carboxylic acids is 2. The Kier molecular flexibility index (Phi) is 6.50. The number of carbonyl (C=O) groups is 2. The highest BCUT2D eigenvalue weighted by Crippen LogP contribution is 2.24. The van der Waals surface area contributed by atoms with Gasteiger partial charge >= 0.3 is 6.03 Å². The molecule has 3 rings (SSSR count). The second-order valence-electron chi connectivity index (χ2n) is 7.02. The predicted octanol–water partition coefficient (Wildman–Crippen LogP) is 4.99. The van der Waals surface area contributed by atoms with Crippen LogP contribution in [0.1, 0.15) is 53.9 Å². The number of anilines is 1. The smallest absolute Gasteiger partial charge is 0.322 e. The van der Waals surface area contributed by atoms with Crippen molar-refractivity contribution in [2.45, 2.75) is 38.6 Å². The predicted molar refractivity (Wildman–Crippen MR) is 110 cm³/mol. The quantitative estimate of drug-likeness (QED) is 0.806. The zero-order chi connectivity index (χ0) is 19.2. The summed E-state index contributed by atoms with van der Waals surface area (Å²) in [4.78, 5) is 30.1. The van der Waals surface area contributed by atoms with Gasteiger partial charge in [-0.2, -0.15) is 0 Å². The largest absolute Gasteiger partial charge is 0.339 e. The van der Waals surface area contributed by atoms with Crippen LogP contribution in [0.2, 0.25) is 0 Å². The van der Waals surface area contributed by atoms with E-state index in [4.69, 9.17) is 0 Å². The van der Waals surface area contributed by atoms with Crippen molar-refractivity contribution in [1.29, 1.82) is 0 Å². The van der Waals surface area contributed by atoms with E-state index in [1.165, 1.54) is 12.8 Å². The first-order valence-electron chi connectivity index (χ1n) is 9.53. The highest BCUT2D eigenvalue weighted by atomic mass is 32.1. The molecule has 0 unspecified atom stereocenters. The van der Waals surface area contributed by atoms with Crippen LogP contribution in [-0.4, -0.2) is 41.9 Å². The molecule has 27 heavy (non-hydrogen) atoms. The number of likely N-dealkylation sites (tertiary alicyclic amines) is 1. The van der Waals surface area contributed by atoms with E-state index in [-0.39, 0.29) is 18.0 Å². The number of hydrogen-bond donors (Lipinski definition) is 1. The minimum Gasteiger partial charge on any atom is -0.339 e. The molecule has 0 aliphatic carbocycles. The molecule has 2 heterocycles. The zero-order valence-corrected chi connectivity index (χ0v) is 16.8. The standard InChI is InChI=1S/C21H27N3O2S/c1-16(19-11-8-14-27-19)23(2)21(26)22-18-10-7-9-17(15-18)20(25)24-12-5-3-4-6-13-24/h7-11,14-16H,3-6,12-13H2,1-2H3,(H,22,26)/t16-/m0/s1. The highest BCUT2D eigenvalue weighted by molar-refractivity contribution is 7.10. The van der Waals surface area contributed by atoms with Crippen LogP contribution in [0.15, 0.2) is 41.8 Å². The third kappa shape index (κ3) is 4.89. The molecule has 1 fully saturated rings. The molecule has 0 spiro atoms. The number of urea groups is 1. The SMILES string of the molecule is C[C@@H](c1cccs1)N(C)C(=O)Nc1cccc(C(=O)N2CCCCCC2)c1. The van der Waals surface area contributed by atoms with Gasteiger partial charge in [0.15, 0.2) is 0 Å². The van der Waals surface area contributed by atoms with Gasteiger partial charge in [-0.05, 0) is 49.4 Å². The number of benzene rings is 1. The van der Waals surface area contributed by atoms with Gasteiger partial charge in [0, 0.05) is 36.3 Å². The van der Waals surface area contributed by atoms with Gasteiger partial charge in [0.05, 0.1) is 6.04 Å². The number of nitrogens with one attached hydrogen (secondary N) is 1. The first-order valence-corrected chi connectivity index (χ1v) is 10.4. The van der Waals surface area contributed by atoms with E-state index < -0.39 is 0 Å². The van der Waals surface area contributed by atoms with Crippen molar-refractivity contribution >= 4 is 29.0 Å². The number of nitrogens with zero attached hydrogens (tertiary/aromatic N) is 2. The molecule has 1 aromatic heterocycles. The second kappa shape index (κ2) is 9.04. The van der Waals surface area contributed by atoms with Crippen molar-refractivity contribution in [3.8, 4) is 0 Å². The molecule has 1 N–H and O–H groups in total. The van der Waals surface area contributed by atoms with Crippen molar-refractivity contribution in [1.82, 2.24) is 9.80 Å². The van der Waals surface area contributed by atoms with Gasteiger partial charge in [-0.1, -0.05) is 25.0 Å². The summed E-state index contributed by atoms with van der Waals surface area (Å²) in [6.07, 6.45) is 4.50. The van der Waals surface area contributed by atoms with E-state index in [0.29, 0.717) is 11.3 Å². The Morgan fingerprint density at radius 1 is 1.11 bits per heavy atom. The Balaban J connectivity index is 1.66. The first kappa shape index (κ1) is 19.4. The maximum Gasteiger partial charge on any atom is 0.322 e. The maximum absolute atomic E-state index is 12.8. The Hall–Kier alpha value is -2.34. The minimum absolute atomic E-state index is 0.00749. The molecule has 1 saturated heterocycles. The lowest BCUT2D eigenvalue weighted by molar-refractivity contribution is 0.0761. The summed E-state index contributed by atoms with van der Waals surface area (Å²) >= 11 is 1.64. The van der Waals surface area contributed by atoms with Crippen molar-refractivity contribution in [2.24, 2.45) is 0 Å². The molecule has 144 valence electrons. The summed E-state index contributed by atoms with van der Waals surface area (Å²) in [7, 11) is 1.78. The van der Waals surface area contributed by atoms with Crippen LogP contribution in [0, 0.1) is 0 Å². The van der Waals surface area contributed by atoms with E-state index in [1.54, 1.807) is 29.4 Å². The molecular weight excluding hydrogens is 358 g/mol. The maximum atomic E-state index is 12.8. The summed E-state index contributed by atoms with van der Waals surface area (Å²) < 4.78 is 0. The van der Waals surface area contributed by atoms with E-state index in [0.717, 1.165) is 30.8 Å². The van der Waals surface area contributed by atoms with Crippen LogP contribution in [-0.2, 0) is 0 Å². The van der Waals surface area contributed by atoms with Crippen LogP contribution >= 0.6 is 11.3 Å². The van der Waals surface area contributed by atoms with Gasteiger partial charge < -0.3 is 15.1 Å². The molecule has 3 amide bonds. The Morgan fingerprint density at radius 3 is 2.52 bits per heavy atom. The molecule has 2 aromatic rings. The molecule has 1 aliphatic rings. The van der Waals surface area contributed by atoms with Crippen LogP contribution in [0.4, 0.5) is 10.5 Å². The Morgan fingerprint density at radius 2 is 1.85 bits per heavy atom. The lowest BCUT2D eigenvalue weighted by Gasteiger charge is -2.24. The molecule has 6 heteroatoms. The first-order chi connectivity index (χ1) is 13.1. The van der Waals surface area contributed by atoms with Crippen LogP contribution < -0.4 is 5.32 Å². The van der Waals surface area contributed by atoms with Crippen LogP contribution in [0.5, 0.6) is 0 Å². The summed E-state index contributed by atoms with van der Waals surface area (Å²) in [5, 5.41) is 4.93. The van der Waals surface area contributed by atoms with Gasteiger partial charge in [-0.25, -0.2) is 4.79 Å². The second-order valence-corrected chi connectivity index (χ2v) is 8.00. The third-order valence-corrected chi connectivity index (χ3v) is 6.15. The fourth-order valence-electron chi connectivity index (χ4n) is 3.29. The zero-order valence-electron chi connectivity index (χ0n) is 16.0. The molecule has 5 nitrogen and oxygen atoms in total. The fraction of sp³-hybridized carbons (Fsp3) is 0.429. The number of amides is 3. The fourth-order valence-corrected chi connectivity index (χ4v) is 4.12. The van der Waals surface area contributed by atoms with Crippen molar-refractivity contribution in [3.05, 3.63) is 52.2 Å². The van der Waals surface area contributed by atoms with Gasteiger partial charge in [0.1, 0.15) is 0 Å². The molecule has 0 bridgehead atoms. The van der Waals surface area contributed by atoms with E-state index >= 15 is 0 Å². The molecule has 1 aliphatic heterocycles. The average molecular weight is 386 g/mol. The average Bonchev–Trinajstić information content (AvgIpc) is 3.09. The van der Waals surface area contributed by atoms with E-state index in [1.807, 2.05) is 47.5 Å². The summed E-state index contributed by atoms with van der Waals surface area (Å²) in [5.74, 6) is 0.0494. The summed E-state index contributed by atoms with van der Waals surface area (Å²) in [6, 6.07) is 11.1. The summed E-state index contributed by atoms with van der Waals surface area (Å²) in [6.45, 7) is 3.64. The third-order valence-electron chi connectivity index (χ3n) is 5.11. The monoisotopic (exact) mass is 385 g/mol. The molecule has 1 atom stereocenters. The lowest BCUT2D eigenvalue weighted by Crippen LogP contribution is -2.33. The lowest BCUT2D eigenvalue weighted by atomic mass is 10.1. The van der Waals surface area contributed by atoms with E-state index in [2.05, 4.69) is 5.32 Å². The Labute approximate surface area is 165 Å². The highest BCUT2D eigenvalue weighted by Gasteiger charge is 2.20. The van der Waals surface area contributed by atoms with Crippen LogP contribution in [0.3, 0.4) is 0 Å². The topological polar surface area (TPSA) is 52.7 Å². The number of rotatable bonds is 4. The molecule has 0 saturated carbocycles. The van der Waals surface area contributed by atoms with Gasteiger partial charge in [0.2, 0.25) is 0 Å². The van der Waals surface area contributed by atoms with Gasteiger partial charge in [-0.3, -0.25) is 4.79 Å². The Bertz CT molecular complexity index is 767. The minimum atomic E-state index is -0.185. The summed E-state index contributed by atoms with van der Waals surface area (Å²) in [5.41, 5.74) is 1.27. The number of thiophene rings is 1. The van der Waals surface area contributed by atoms with Crippen molar-refractivity contribution in [2.75, 3.05) is 25.5 Å². The van der Waals surface area contributed by atoms with Gasteiger partial charge in [0.25, 0.3) is 5.91 Å². The van der Waals surface area contributed by atoms with Crippen LogP contribution in [0.25, 0.3) is 0 Å². The molecule has 0 radical (unpaired) electrons. The molecule has 1 aromatic carbocycles.